The summed E-state index contributed by atoms with van der Waals surface area (Å²) < 4.78 is 35.6. The van der Waals surface area contributed by atoms with Gasteiger partial charge in [-0.05, 0) is 62.1 Å². The highest BCUT2D eigenvalue weighted by atomic mass is 19.2. The molecule has 11 heteroatoms. The van der Waals surface area contributed by atoms with Crippen molar-refractivity contribution in [3.8, 4) is 11.8 Å². The maximum Gasteiger partial charge on any atom is 0.254 e. The van der Waals surface area contributed by atoms with Gasteiger partial charge in [-0.1, -0.05) is 6.07 Å². The standard InChI is InChI=1S/C30H31F2N7O2/c1-18-14-20(2-3-21(18)29(40)38-11-6-19(15-33)7-12-38)37-27-28-36-16-23(39(28)13-10-35-27)22-4-5-24(26(32)25(22)31)41-30(17-34)8-9-30/h2-5,10,13-14,19,23H,6-9,11-12,15-16,33H2,1H3,(H,35,37). The van der Waals surface area contributed by atoms with Gasteiger partial charge >= 0.3 is 0 Å². The lowest BCUT2D eigenvalue weighted by Crippen LogP contribution is -2.40. The Kier molecular flexibility index (Phi) is 6.95. The Morgan fingerprint density at radius 1 is 1.22 bits per heavy atom. The first-order valence-corrected chi connectivity index (χ1v) is 13.9. The van der Waals surface area contributed by atoms with Crippen LogP contribution in [0.3, 0.4) is 0 Å². The fourth-order valence-electron chi connectivity index (χ4n) is 5.54. The van der Waals surface area contributed by atoms with E-state index in [4.69, 9.17) is 10.5 Å². The summed E-state index contributed by atoms with van der Waals surface area (Å²) in [6.07, 6.45) is 6.08. The number of rotatable bonds is 6. The number of piperidine rings is 1. The van der Waals surface area contributed by atoms with Crippen LogP contribution in [0, 0.1) is 35.8 Å². The summed E-state index contributed by atoms with van der Waals surface area (Å²) in [7, 11) is 0. The molecule has 4 aliphatic rings. The number of halogens is 2. The molecule has 3 heterocycles. The van der Waals surface area contributed by atoms with E-state index in [0.717, 1.165) is 24.1 Å². The molecule has 1 atom stereocenters. The average Bonchev–Trinajstić information content (AvgIpc) is 3.64. The topological polar surface area (TPSA) is 119 Å². The summed E-state index contributed by atoms with van der Waals surface area (Å²) in [5.74, 6) is -0.946. The van der Waals surface area contributed by atoms with Crippen molar-refractivity contribution in [2.24, 2.45) is 21.6 Å². The fraction of sp³-hybridized carbons (Fsp3) is 0.400. The largest absolute Gasteiger partial charge is 0.469 e. The first kappa shape index (κ1) is 26.9. The van der Waals surface area contributed by atoms with E-state index in [1.165, 1.54) is 12.1 Å². The van der Waals surface area contributed by atoms with Crippen molar-refractivity contribution in [2.75, 3.05) is 31.5 Å². The van der Waals surface area contributed by atoms with Crippen LogP contribution in [0.15, 0.2) is 52.7 Å². The quantitative estimate of drug-likeness (QED) is 0.546. The number of hydrogen-bond donors (Lipinski definition) is 2. The molecule has 1 aliphatic carbocycles. The molecule has 41 heavy (non-hydrogen) atoms. The van der Waals surface area contributed by atoms with Crippen molar-refractivity contribution in [1.29, 1.82) is 5.26 Å². The van der Waals surface area contributed by atoms with Crippen LogP contribution in [0.4, 0.5) is 14.5 Å². The second-order valence-corrected chi connectivity index (χ2v) is 11.0. The molecule has 0 aromatic heterocycles. The second kappa shape index (κ2) is 10.6. The van der Waals surface area contributed by atoms with E-state index in [-0.39, 0.29) is 23.8 Å². The van der Waals surface area contributed by atoms with E-state index in [0.29, 0.717) is 55.6 Å². The number of benzene rings is 2. The van der Waals surface area contributed by atoms with Gasteiger partial charge in [-0.3, -0.25) is 9.79 Å². The van der Waals surface area contributed by atoms with Crippen LogP contribution < -0.4 is 15.8 Å². The van der Waals surface area contributed by atoms with Gasteiger partial charge in [0.05, 0.1) is 12.6 Å². The predicted octanol–water partition coefficient (Wildman–Crippen LogP) is 4.27. The Labute approximate surface area is 237 Å². The van der Waals surface area contributed by atoms with E-state index >= 15 is 4.39 Å². The van der Waals surface area contributed by atoms with Crippen molar-refractivity contribution in [2.45, 2.75) is 44.2 Å². The van der Waals surface area contributed by atoms with Crippen LogP contribution in [0.2, 0.25) is 0 Å². The van der Waals surface area contributed by atoms with Gasteiger partial charge in [0.1, 0.15) is 6.07 Å². The number of hydrogen-bond acceptors (Lipinski definition) is 8. The predicted molar refractivity (Wildman–Crippen MR) is 151 cm³/mol. The van der Waals surface area contributed by atoms with Crippen LogP contribution in [-0.2, 0) is 0 Å². The van der Waals surface area contributed by atoms with Gasteiger partial charge in [-0.25, -0.2) is 9.38 Å². The van der Waals surface area contributed by atoms with Gasteiger partial charge in [0.25, 0.3) is 5.91 Å². The zero-order valence-electron chi connectivity index (χ0n) is 22.7. The van der Waals surface area contributed by atoms with E-state index in [1.54, 1.807) is 17.3 Å². The molecule has 1 saturated heterocycles. The number of fused-ring (bicyclic) bond motifs is 1. The molecule has 9 nitrogen and oxygen atoms in total. The van der Waals surface area contributed by atoms with Crippen LogP contribution in [0.25, 0.3) is 0 Å². The zero-order chi connectivity index (χ0) is 28.7. The van der Waals surface area contributed by atoms with Crippen LogP contribution in [0.5, 0.6) is 5.75 Å². The second-order valence-electron chi connectivity index (χ2n) is 11.0. The Bertz CT molecular complexity index is 1520. The number of amidine groups is 2. The Hall–Kier alpha value is -4.30. The van der Waals surface area contributed by atoms with Gasteiger partial charge in [0.15, 0.2) is 28.8 Å². The van der Waals surface area contributed by atoms with Crippen LogP contribution in [-0.4, -0.2) is 59.2 Å². The number of ether oxygens (including phenoxy) is 1. The van der Waals surface area contributed by atoms with Gasteiger partial charge in [0.2, 0.25) is 5.82 Å². The zero-order valence-corrected chi connectivity index (χ0v) is 22.7. The molecule has 212 valence electrons. The maximum absolute atomic E-state index is 15.2. The SMILES string of the molecule is Cc1cc(NC2=NC=CN3C2=NCC3c2ccc(OC3(C#N)CC3)c(F)c2F)ccc1C(=O)N1CCC(CN)CC1. The van der Waals surface area contributed by atoms with E-state index < -0.39 is 23.3 Å². The van der Waals surface area contributed by atoms with Crippen molar-refractivity contribution in [1.82, 2.24) is 9.80 Å². The Morgan fingerprint density at radius 3 is 2.68 bits per heavy atom. The lowest BCUT2D eigenvalue weighted by molar-refractivity contribution is 0.0692. The first-order valence-electron chi connectivity index (χ1n) is 13.9. The molecule has 6 rings (SSSR count). The summed E-state index contributed by atoms with van der Waals surface area (Å²) in [4.78, 5) is 25.8. The molecule has 0 bridgehead atoms. The van der Waals surface area contributed by atoms with Crippen molar-refractivity contribution in [3.63, 3.8) is 0 Å². The van der Waals surface area contributed by atoms with Crippen molar-refractivity contribution >= 4 is 23.3 Å². The average molecular weight is 560 g/mol. The van der Waals surface area contributed by atoms with E-state index in [9.17, 15) is 14.4 Å². The number of nitrogens with one attached hydrogen (secondary N) is 1. The molecule has 0 radical (unpaired) electrons. The van der Waals surface area contributed by atoms with Crippen LogP contribution >= 0.6 is 0 Å². The molecule has 1 amide bonds. The highest BCUT2D eigenvalue weighted by Crippen LogP contribution is 2.42. The monoisotopic (exact) mass is 559 g/mol. The lowest BCUT2D eigenvalue weighted by Gasteiger charge is -2.32. The molecule has 3 N–H and O–H groups in total. The number of likely N-dealkylation sites (tertiary alicyclic amines) is 1. The molecule has 1 unspecified atom stereocenters. The number of carbonyl (C=O) groups is 1. The number of carbonyl (C=O) groups excluding carboxylic acids is 1. The normalized spacial score (nSPS) is 21.1. The molecule has 2 aromatic rings. The summed E-state index contributed by atoms with van der Waals surface area (Å²) in [6, 6.07) is 9.82. The van der Waals surface area contributed by atoms with Crippen LogP contribution in [0.1, 0.15) is 53.2 Å². The van der Waals surface area contributed by atoms with Gasteiger partial charge in [-0.15, -0.1) is 0 Å². The third kappa shape index (κ3) is 5.04. The molecule has 1 saturated carbocycles. The van der Waals surface area contributed by atoms with E-state index in [2.05, 4.69) is 15.3 Å². The number of nitriles is 1. The summed E-state index contributed by atoms with van der Waals surface area (Å²) in [5.41, 5.74) is 7.07. The Morgan fingerprint density at radius 2 is 2.00 bits per heavy atom. The molecular formula is C30H31F2N7O2. The number of nitrogens with zero attached hydrogens (tertiary/aromatic N) is 5. The molecule has 2 aromatic carbocycles. The summed E-state index contributed by atoms with van der Waals surface area (Å²) in [5, 5.41) is 12.5. The number of aliphatic imine (C=N–C) groups is 2. The van der Waals surface area contributed by atoms with Gasteiger partial charge in [-0.2, -0.15) is 9.65 Å². The van der Waals surface area contributed by atoms with Gasteiger partial charge < -0.3 is 25.6 Å². The smallest absolute Gasteiger partial charge is 0.254 e. The number of nitrogens with two attached hydrogens (primary N) is 1. The fourth-order valence-corrected chi connectivity index (χ4v) is 5.54. The minimum atomic E-state index is -1.11. The Balaban J connectivity index is 1.14. The number of aryl methyl sites for hydroxylation is 1. The highest BCUT2D eigenvalue weighted by Gasteiger charge is 2.47. The van der Waals surface area contributed by atoms with Crippen molar-refractivity contribution < 1.29 is 18.3 Å². The molecular weight excluding hydrogens is 528 g/mol. The number of amides is 1. The maximum atomic E-state index is 15.2. The van der Waals surface area contributed by atoms with E-state index in [1.807, 2.05) is 36.1 Å². The third-order valence-electron chi connectivity index (χ3n) is 8.24. The minimum absolute atomic E-state index is 0.0160. The highest BCUT2D eigenvalue weighted by molar-refractivity contribution is 6.45. The first-order chi connectivity index (χ1) is 19.8. The summed E-state index contributed by atoms with van der Waals surface area (Å²) in [6.45, 7) is 4.17. The third-order valence-corrected chi connectivity index (χ3v) is 8.24. The summed E-state index contributed by atoms with van der Waals surface area (Å²) >= 11 is 0. The lowest BCUT2D eigenvalue weighted by atomic mass is 9.96. The molecule has 0 spiro atoms. The minimum Gasteiger partial charge on any atom is -0.469 e. The number of anilines is 1. The van der Waals surface area contributed by atoms with Crippen molar-refractivity contribution in [3.05, 3.63) is 71.1 Å². The van der Waals surface area contributed by atoms with Gasteiger partial charge in [0, 0.05) is 55.1 Å². The molecule has 3 aliphatic heterocycles. The molecule has 2 fully saturated rings.